The molecule has 0 aliphatic carbocycles. The molecule has 0 radical (unpaired) electrons. The molecule has 0 aliphatic heterocycles. The number of phenols is 1. The maximum absolute atomic E-state index is 10.6. The number of pyridine rings is 1. The van der Waals surface area contributed by atoms with Crippen LogP contribution < -0.4 is 4.73 Å². The van der Waals surface area contributed by atoms with E-state index >= 15 is 0 Å². The van der Waals surface area contributed by atoms with Crippen LogP contribution in [0.2, 0.25) is 0 Å². The fraction of sp³-hybridized carbons (Fsp3) is 0.214. The number of rotatable bonds is 6. The van der Waals surface area contributed by atoms with Gasteiger partial charge in [0, 0.05) is 12.1 Å². The number of nitro benzene ring substituents is 3. The largest absolute Gasteiger partial charge is 0.619 e. The quantitative estimate of drug-likeness (QED) is 0.245. The third-order valence-electron chi connectivity index (χ3n) is 3.15. The summed E-state index contributed by atoms with van der Waals surface area (Å²) in [6.45, 7) is 0. The van der Waals surface area contributed by atoms with Gasteiger partial charge in [-0.3, -0.25) is 30.3 Å². The van der Waals surface area contributed by atoms with Crippen LogP contribution in [0, 0.1) is 35.6 Å². The van der Waals surface area contributed by atoms with Crippen molar-refractivity contribution in [1.29, 1.82) is 0 Å². The lowest BCUT2D eigenvalue weighted by atomic mass is 10.2. The van der Waals surface area contributed by atoms with Crippen LogP contribution in [-0.2, 0) is 6.42 Å². The van der Waals surface area contributed by atoms with E-state index < -0.39 is 37.6 Å². The minimum atomic E-state index is -1.21. The highest BCUT2D eigenvalue weighted by Gasteiger charge is 2.30. The van der Waals surface area contributed by atoms with E-state index in [0.717, 1.165) is 23.3 Å². The summed E-state index contributed by atoms with van der Waals surface area (Å²) < 4.78 is 0.796. The van der Waals surface area contributed by atoms with Crippen LogP contribution in [0.5, 0.6) is 5.75 Å². The summed E-state index contributed by atoms with van der Waals surface area (Å²) in [6, 6.07) is 4.58. The second kappa shape index (κ2) is 9.86. The Kier molecular flexibility index (Phi) is 7.88. The lowest BCUT2D eigenvalue weighted by Crippen LogP contribution is -2.23. The van der Waals surface area contributed by atoms with Crippen molar-refractivity contribution in [3.8, 4) is 5.75 Å². The van der Waals surface area contributed by atoms with E-state index in [1.807, 2.05) is 12.1 Å². The summed E-state index contributed by atoms with van der Waals surface area (Å²) in [5.74, 6) is -0.313. The summed E-state index contributed by atoms with van der Waals surface area (Å²) in [5.41, 5.74) is -1.80. The molecule has 0 atom stereocenters. The number of non-ortho nitro benzene ring substituents is 1. The Hall–Kier alpha value is -3.48. The molecule has 13 heteroatoms. The van der Waals surface area contributed by atoms with Crippen LogP contribution in [0.1, 0.15) is 12.0 Å². The zero-order valence-corrected chi connectivity index (χ0v) is 14.5. The Morgan fingerprint density at radius 3 is 1.81 bits per heavy atom. The summed E-state index contributed by atoms with van der Waals surface area (Å²) in [6.07, 6.45) is 5.11. The highest BCUT2D eigenvalue weighted by molar-refractivity contribution is 7.80. The van der Waals surface area contributed by atoms with Gasteiger partial charge in [0.25, 0.3) is 11.4 Å². The van der Waals surface area contributed by atoms with Gasteiger partial charge < -0.3 is 10.3 Å². The number of nitro groups is 3. The van der Waals surface area contributed by atoms with Gasteiger partial charge in [-0.05, 0) is 24.2 Å². The third-order valence-corrected chi connectivity index (χ3v) is 3.47. The summed E-state index contributed by atoms with van der Waals surface area (Å²) in [5, 5.41) is 50.8. The minimum Gasteiger partial charge on any atom is -0.619 e. The van der Waals surface area contributed by atoms with Crippen LogP contribution in [-0.4, -0.2) is 25.6 Å². The molecule has 144 valence electrons. The van der Waals surface area contributed by atoms with Gasteiger partial charge in [-0.25, -0.2) is 0 Å². The van der Waals surface area contributed by atoms with Gasteiger partial charge in [-0.15, -0.1) is 0 Å². The Morgan fingerprint density at radius 1 is 0.963 bits per heavy atom. The molecule has 0 bridgehead atoms. The average molecular weight is 398 g/mol. The summed E-state index contributed by atoms with van der Waals surface area (Å²) >= 11 is 4.10. The Bertz CT molecular complexity index is 809. The highest BCUT2D eigenvalue weighted by atomic mass is 32.1. The van der Waals surface area contributed by atoms with Gasteiger partial charge in [0.1, 0.15) is 0 Å². The van der Waals surface area contributed by atoms with Crippen molar-refractivity contribution in [2.45, 2.75) is 12.8 Å². The first-order valence-electron chi connectivity index (χ1n) is 7.26. The van der Waals surface area contributed by atoms with E-state index in [2.05, 4.69) is 12.6 Å². The van der Waals surface area contributed by atoms with E-state index in [9.17, 15) is 35.6 Å². The molecule has 0 saturated carbocycles. The fourth-order valence-electron chi connectivity index (χ4n) is 1.87. The number of aromatic nitrogens is 1. The van der Waals surface area contributed by atoms with Gasteiger partial charge in [0.15, 0.2) is 12.4 Å². The molecule has 27 heavy (non-hydrogen) atoms. The first-order valence-corrected chi connectivity index (χ1v) is 7.89. The molecule has 0 aliphatic rings. The molecule has 0 unspecified atom stereocenters. The number of phenolic OH excluding ortho intramolecular Hbond substituents is 1. The second-order valence-electron chi connectivity index (χ2n) is 5.00. The molecule has 12 nitrogen and oxygen atoms in total. The smallest absolute Gasteiger partial charge is 0.324 e. The molecule has 2 rings (SSSR count). The number of aryl methyl sites for hydroxylation is 1. The van der Waals surface area contributed by atoms with Crippen molar-refractivity contribution in [3.63, 3.8) is 0 Å². The number of aromatic hydroxyl groups is 1. The number of hydrogen-bond donors (Lipinski definition) is 2. The monoisotopic (exact) mass is 398 g/mol. The van der Waals surface area contributed by atoms with E-state index in [4.69, 9.17) is 5.11 Å². The molecular weight excluding hydrogens is 384 g/mol. The first kappa shape index (κ1) is 21.6. The predicted molar refractivity (Wildman–Crippen MR) is 95.6 cm³/mol. The Morgan fingerprint density at radius 2 is 1.44 bits per heavy atom. The Labute approximate surface area is 157 Å². The molecule has 0 fully saturated rings. The van der Waals surface area contributed by atoms with E-state index in [1.54, 1.807) is 0 Å². The molecule has 1 N–H and O–H groups in total. The average Bonchev–Trinajstić information content (AvgIpc) is 2.61. The van der Waals surface area contributed by atoms with Crippen LogP contribution in [0.15, 0.2) is 36.7 Å². The van der Waals surface area contributed by atoms with Crippen LogP contribution in [0.25, 0.3) is 0 Å². The number of benzene rings is 1. The lowest BCUT2D eigenvalue weighted by molar-refractivity contribution is -0.605. The highest BCUT2D eigenvalue weighted by Crippen LogP contribution is 2.38. The normalized spacial score (nSPS) is 9.81. The van der Waals surface area contributed by atoms with E-state index in [0.29, 0.717) is 12.1 Å². The van der Waals surface area contributed by atoms with Crippen LogP contribution >= 0.6 is 12.6 Å². The maximum atomic E-state index is 10.6. The van der Waals surface area contributed by atoms with Gasteiger partial charge in [-0.2, -0.15) is 17.4 Å². The van der Waals surface area contributed by atoms with Gasteiger partial charge >= 0.3 is 11.4 Å². The lowest BCUT2D eigenvalue weighted by Gasteiger charge is -1.98. The standard InChI is InChI=1S/C8H11NOS.C6H3N3O7/c10-9-5-3-8(4-6-9)2-1-7-11;10-6-4(8(13)14)1-3(7(11)12)2-5(6)9(15)16/h3-6,11H,1-2,7H2;1-2,10H. The topological polar surface area (TPSA) is 177 Å². The molecule has 0 amide bonds. The van der Waals surface area contributed by atoms with Crippen molar-refractivity contribution >= 4 is 29.7 Å². The predicted octanol–water partition coefficient (Wildman–Crippen LogP) is 2.30. The van der Waals surface area contributed by atoms with Crippen molar-refractivity contribution in [2.24, 2.45) is 0 Å². The number of nitrogens with zero attached hydrogens (tertiary/aromatic N) is 4. The van der Waals surface area contributed by atoms with Crippen LogP contribution in [0.3, 0.4) is 0 Å². The van der Waals surface area contributed by atoms with E-state index in [1.165, 1.54) is 18.0 Å². The zero-order valence-electron chi connectivity index (χ0n) is 13.6. The molecule has 1 heterocycles. The first-order chi connectivity index (χ1) is 12.7. The molecule has 0 saturated heterocycles. The second-order valence-corrected chi connectivity index (χ2v) is 5.44. The summed E-state index contributed by atoms with van der Waals surface area (Å²) in [4.78, 5) is 27.8. The Balaban J connectivity index is 0.000000289. The van der Waals surface area contributed by atoms with Crippen LogP contribution in [0.4, 0.5) is 17.1 Å². The summed E-state index contributed by atoms with van der Waals surface area (Å²) in [7, 11) is 0. The van der Waals surface area contributed by atoms with Gasteiger partial charge in [0.05, 0.1) is 26.9 Å². The number of hydrogen-bond acceptors (Lipinski definition) is 9. The molecule has 1 aromatic carbocycles. The molecule has 2 aromatic rings. The van der Waals surface area contributed by atoms with Crippen molar-refractivity contribution in [3.05, 3.63) is 77.8 Å². The third kappa shape index (κ3) is 6.39. The zero-order chi connectivity index (χ0) is 20.6. The fourth-order valence-corrected chi connectivity index (χ4v) is 2.03. The van der Waals surface area contributed by atoms with Crippen molar-refractivity contribution < 1.29 is 24.6 Å². The number of thiol groups is 1. The SMILES string of the molecule is O=[N+]([O-])c1cc([N+](=O)[O-])c(O)c([N+](=O)[O-])c1.[O-][n+]1ccc(CCCS)cc1. The van der Waals surface area contributed by atoms with E-state index in [-0.39, 0.29) is 0 Å². The molecular formula is C14H14N4O8S. The van der Waals surface area contributed by atoms with Gasteiger partial charge in [0.2, 0.25) is 0 Å². The minimum absolute atomic E-state index is 0.447. The van der Waals surface area contributed by atoms with Crippen molar-refractivity contribution in [1.82, 2.24) is 0 Å². The molecule has 1 aromatic heterocycles. The maximum Gasteiger partial charge on any atom is 0.324 e. The molecule has 0 spiro atoms. The van der Waals surface area contributed by atoms with Gasteiger partial charge in [-0.1, -0.05) is 0 Å². The van der Waals surface area contributed by atoms with Crippen molar-refractivity contribution in [2.75, 3.05) is 5.75 Å².